The van der Waals surface area contributed by atoms with Crippen molar-refractivity contribution in [1.29, 1.82) is 0 Å². The average molecular weight is 275 g/mol. The van der Waals surface area contributed by atoms with Crippen molar-refractivity contribution in [2.45, 2.75) is 18.9 Å². The fourth-order valence-corrected chi connectivity index (χ4v) is 2.59. The van der Waals surface area contributed by atoms with Crippen molar-refractivity contribution in [1.82, 2.24) is 0 Å². The molecule has 1 heterocycles. The van der Waals surface area contributed by atoms with Crippen LogP contribution in [-0.2, 0) is 12.8 Å². The van der Waals surface area contributed by atoms with Gasteiger partial charge in [0.1, 0.15) is 17.4 Å². The van der Waals surface area contributed by atoms with E-state index in [1.54, 1.807) is 0 Å². The molecule has 3 rings (SSSR count). The van der Waals surface area contributed by atoms with Gasteiger partial charge in [-0.1, -0.05) is 24.3 Å². The van der Waals surface area contributed by atoms with Gasteiger partial charge in [-0.15, -0.1) is 0 Å². The van der Waals surface area contributed by atoms with E-state index >= 15 is 0 Å². The number of para-hydroxylation sites is 1. The Kier molecular flexibility index (Phi) is 3.40. The highest BCUT2D eigenvalue weighted by Crippen LogP contribution is 2.34. The first kappa shape index (κ1) is 13.1. The van der Waals surface area contributed by atoms with Crippen LogP contribution in [0.2, 0.25) is 0 Å². The van der Waals surface area contributed by atoms with Crippen LogP contribution < -0.4 is 10.5 Å². The van der Waals surface area contributed by atoms with Crippen molar-refractivity contribution in [3.63, 3.8) is 0 Å². The van der Waals surface area contributed by atoms with E-state index in [1.807, 2.05) is 18.2 Å². The fourth-order valence-electron chi connectivity index (χ4n) is 2.59. The first-order valence-electron chi connectivity index (χ1n) is 6.60. The summed E-state index contributed by atoms with van der Waals surface area (Å²) in [6, 6.07) is 9.10. The molecule has 0 amide bonds. The van der Waals surface area contributed by atoms with Crippen LogP contribution in [0.5, 0.6) is 5.75 Å². The summed E-state index contributed by atoms with van der Waals surface area (Å²) >= 11 is 0. The molecule has 0 saturated heterocycles. The molecule has 0 aliphatic carbocycles. The largest absolute Gasteiger partial charge is 0.493 e. The zero-order chi connectivity index (χ0) is 14.1. The zero-order valence-corrected chi connectivity index (χ0v) is 10.9. The SMILES string of the molecule is NC(Cc1c(F)cccc1F)c1cccc2c1OCC2. The Hall–Kier alpha value is -1.94. The van der Waals surface area contributed by atoms with E-state index in [0.717, 1.165) is 23.3 Å². The highest BCUT2D eigenvalue weighted by molar-refractivity contribution is 5.46. The zero-order valence-electron chi connectivity index (χ0n) is 10.9. The van der Waals surface area contributed by atoms with Gasteiger partial charge in [0.05, 0.1) is 6.61 Å². The van der Waals surface area contributed by atoms with Crippen LogP contribution in [0.1, 0.15) is 22.7 Å². The Morgan fingerprint density at radius 1 is 1.10 bits per heavy atom. The molecular weight excluding hydrogens is 260 g/mol. The lowest BCUT2D eigenvalue weighted by atomic mass is 9.96. The molecule has 1 unspecified atom stereocenters. The molecule has 1 atom stereocenters. The molecule has 2 aromatic rings. The Morgan fingerprint density at radius 3 is 2.55 bits per heavy atom. The van der Waals surface area contributed by atoms with Crippen LogP contribution in [0.25, 0.3) is 0 Å². The quantitative estimate of drug-likeness (QED) is 0.934. The third-order valence-electron chi connectivity index (χ3n) is 3.63. The Balaban J connectivity index is 1.91. The van der Waals surface area contributed by atoms with Gasteiger partial charge in [-0.05, 0) is 24.1 Å². The van der Waals surface area contributed by atoms with Gasteiger partial charge in [-0.2, -0.15) is 0 Å². The van der Waals surface area contributed by atoms with E-state index in [1.165, 1.54) is 18.2 Å². The van der Waals surface area contributed by atoms with E-state index in [-0.39, 0.29) is 12.0 Å². The molecule has 2 aromatic carbocycles. The molecule has 2 N–H and O–H groups in total. The third kappa shape index (κ3) is 2.27. The van der Waals surface area contributed by atoms with Gasteiger partial charge in [-0.3, -0.25) is 0 Å². The molecule has 104 valence electrons. The van der Waals surface area contributed by atoms with Crippen molar-refractivity contribution < 1.29 is 13.5 Å². The van der Waals surface area contributed by atoms with E-state index in [9.17, 15) is 8.78 Å². The predicted molar refractivity (Wildman–Crippen MR) is 72.6 cm³/mol. The topological polar surface area (TPSA) is 35.2 Å². The fraction of sp³-hybridized carbons (Fsp3) is 0.250. The van der Waals surface area contributed by atoms with Gasteiger partial charge >= 0.3 is 0 Å². The maximum atomic E-state index is 13.7. The van der Waals surface area contributed by atoms with Crippen molar-refractivity contribution in [2.24, 2.45) is 5.73 Å². The lowest BCUT2D eigenvalue weighted by Gasteiger charge is -2.16. The highest BCUT2D eigenvalue weighted by atomic mass is 19.1. The van der Waals surface area contributed by atoms with E-state index in [0.29, 0.717) is 6.61 Å². The summed E-state index contributed by atoms with van der Waals surface area (Å²) in [5.74, 6) is -0.348. The summed E-state index contributed by atoms with van der Waals surface area (Å²) in [7, 11) is 0. The molecule has 0 radical (unpaired) electrons. The number of halogens is 2. The minimum atomic E-state index is -0.561. The maximum absolute atomic E-state index is 13.7. The molecule has 0 saturated carbocycles. The van der Waals surface area contributed by atoms with Crippen LogP contribution in [0.4, 0.5) is 8.78 Å². The van der Waals surface area contributed by atoms with Gasteiger partial charge in [-0.25, -0.2) is 8.78 Å². The first-order chi connectivity index (χ1) is 9.66. The molecule has 0 bridgehead atoms. The number of nitrogens with two attached hydrogens (primary N) is 1. The van der Waals surface area contributed by atoms with Crippen molar-refractivity contribution in [3.8, 4) is 5.75 Å². The maximum Gasteiger partial charge on any atom is 0.129 e. The molecule has 1 aliphatic rings. The summed E-state index contributed by atoms with van der Waals surface area (Å²) < 4.78 is 32.9. The summed E-state index contributed by atoms with van der Waals surface area (Å²) in [4.78, 5) is 0. The minimum Gasteiger partial charge on any atom is -0.493 e. The van der Waals surface area contributed by atoms with Gasteiger partial charge in [0.25, 0.3) is 0 Å². The smallest absolute Gasteiger partial charge is 0.129 e. The lowest BCUT2D eigenvalue weighted by Crippen LogP contribution is -2.16. The van der Waals surface area contributed by atoms with Crippen LogP contribution in [0.3, 0.4) is 0 Å². The van der Waals surface area contributed by atoms with Crippen molar-refractivity contribution in [3.05, 3.63) is 64.7 Å². The first-order valence-corrected chi connectivity index (χ1v) is 6.60. The summed E-state index contributed by atoms with van der Waals surface area (Å²) in [6.45, 7) is 0.632. The Bertz CT molecular complexity index is 622. The van der Waals surface area contributed by atoms with Crippen molar-refractivity contribution >= 4 is 0 Å². The van der Waals surface area contributed by atoms with Gasteiger partial charge in [0.2, 0.25) is 0 Å². The number of hydrogen-bond donors (Lipinski definition) is 1. The van der Waals surface area contributed by atoms with Crippen LogP contribution >= 0.6 is 0 Å². The van der Waals surface area contributed by atoms with Crippen LogP contribution in [0.15, 0.2) is 36.4 Å². The van der Waals surface area contributed by atoms with Crippen LogP contribution in [0, 0.1) is 11.6 Å². The number of hydrogen-bond acceptors (Lipinski definition) is 2. The normalized spacial score (nSPS) is 14.8. The number of ether oxygens (including phenoxy) is 1. The average Bonchev–Trinajstić information content (AvgIpc) is 2.91. The molecule has 4 heteroatoms. The monoisotopic (exact) mass is 275 g/mol. The molecule has 0 aromatic heterocycles. The van der Waals surface area contributed by atoms with E-state index in [2.05, 4.69) is 0 Å². The standard InChI is InChI=1S/C16H15F2NO/c17-13-5-2-6-14(18)12(13)9-15(19)11-4-1-3-10-7-8-20-16(10)11/h1-6,15H,7-9,19H2. The molecule has 1 aliphatic heterocycles. The molecular formula is C16H15F2NO. The van der Waals surface area contributed by atoms with Gasteiger partial charge in [0.15, 0.2) is 0 Å². The molecule has 0 fully saturated rings. The second-order valence-electron chi connectivity index (χ2n) is 4.94. The second kappa shape index (κ2) is 5.21. The summed E-state index contributed by atoms with van der Waals surface area (Å²) in [5, 5.41) is 0. The third-order valence-corrected chi connectivity index (χ3v) is 3.63. The van der Waals surface area contributed by atoms with Gasteiger partial charge in [0, 0.05) is 23.6 Å². The second-order valence-corrected chi connectivity index (χ2v) is 4.94. The predicted octanol–water partition coefficient (Wildman–Crippen LogP) is 3.14. The van der Waals surface area contributed by atoms with Crippen molar-refractivity contribution in [2.75, 3.05) is 6.61 Å². The molecule has 20 heavy (non-hydrogen) atoms. The summed E-state index contributed by atoms with van der Waals surface area (Å²) in [5.41, 5.74) is 8.06. The molecule has 2 nitrogen and oxygen atoms in total. The van der Waals surface area contributed by atoms with E-state index in [4.69, 9.17) is 10.5 Å². The van der Waals surface area contributed by atoms with E-state index < -0.39 is 17.7 Å². The minimum absolute atomic E-state index is 0.0237. The van der Waals surface area contributed by atoms with Gasteiger partial charge < -0.3 is 10.5 Å². The Morgan fingerprint density at radius 2 is 1.80 bits per heavy atom. The molecule has 0 spiro atoms. The summed E-state index contributed by atoms with van der Waals surface area (Å²) in [6.07, 6.45) is 0.961. The number of fused-ring (bicyclic) bond motifs is 1. The number of rotatable bonds is 3. The van der Waals surface area contributed by atoms with Crippen LogP contribution in [-0.4, -0.2) is 6.61 Å². The highest BCUT2D eigenvalue weighted by Gasteiger charge is 2.21. The Labute approximate surface area is 116 Å². The number of benzene rings is 2. The lowest BCUT2D eigenvalue weighted by molar-refractivity contribution is 0.351.